The second-order valence-corrected chi connectivity index (χ2v) is 9.63. The maximum Gasteiger partial charge on any atom is 0.0825 e. The minimum Gasteiger partial charge on any atom is -0.388 e. The molecule has 22 heavy (non-hydrogen) atoms. The number of fused-ring (bicyclic) bond motifs is 5. The Labute approximate surface area is 136 Å². The number of aliphatic hydroxyl groups is 1. The van der Waals surface area contributed by atoms with Gasteiger partial charge < -0.3 is 10.8 Å². The summed E-state index contributed by atoms with van der Waals surface area (Å²) in [6, 6.07) is 0. The Morgan fingerprint density at radius 3 is 2.45 bits per heavy atom. The summed E-state index contributed by atoms with van der Waals surface area (Å²) in [6.07, 6.45) is 13.4. The number of hydrogen-bond donors (Lipinski definition) is 2. The highest BCUT2D eigenvalue weighted by Crippen LogP contribution is 2.68. The summed E-state index contributed by atoms with van der Waals surface area (Å²) in [4.78, 5) is 0. The Bertz CT molecular complexity index is 449. The molecular formula is C20H35NO. The molecule has 0 aromatic heterocycles. The van der Waals surface area contributed by atoms with Crippen molar-refractivity contribution in [3.05, 3.63) is 0 Å². The van der Waals surface area contributed by atoms with Crippen LogP contribution in [0.25, 0.3) is 0 Å². The Morgan fingerprint density at radius 2 is 1.68 bits per heavy atom. The first-order valence-electron chi connectivity index (χ1n) is 9.87. The van der Waals surface area contributed by atoms with Crippen LogP contribution in [-0.4, -0.2) is 17.3 Å². The summed E-state index contributed by atoms with van der Waals surface area (Å²) in [5.74, 6) is 3.49. The molecule has 0 aliphatic heterocycles. The average Bonchev–Trinajstić information content (AvgIpc) is 2.79. The van der Waals surface area contributed by atoms with E-state index < -0.39 is 5.60 Å². The van der Waals surface area contributed by atoms with Gasteiger partial charge in [-0.05, 0) is 80.5 Å². The predicted octanol–water partition coefficient (Wildman–Crippen LogP) is 4.11. The molecule has 0 heterocycles. The normalized spacial score (nSPS) is 57.8. The van der Waals surface area contributed by atoms with Crippen LogP contribution >= 0.6 is 0 Å². The molecule has 126 valence electrons. The monoisotopic (exact) mass is 305 g/mol. The van der Waals surface area contributed by atoms with E-state index in [1.54, 1.807) is 0 Å². The summed E-state index contributed by atoms with van der Waals surface area (Å²) in [6.45, 7) is 5.45. The Balaban J connectivity index is 1.65. The molecule has 4 aliphatic carbocycles. The van der Waals surface area contributed by atoms with Gasteiger partial charge in [0.2, 0.25) is 0 Å². The zero-order chi connectivity index (χ0) is 15.6. The van der Waals surface area contributed by atoms with E-state index in [2.05, 4.69) is 13.8 Å². The first-order valence-corrected chi connectivity index (χ1v) is 9.87. The minimum absolute atomic E-state index is 0.0841. The lowest BCUT2D eigenvalue weighted by atomic mass is 9.44. The first-order chi connectivity index (χ1) is 10.4. The third-order valence-electron chi connectivity index (χ3n) is 9.24. The largest absolute Gasteiger partial charge is 0.388 e. The molecule has 4 saturated carbocycles. The summed E-state index contributed by atoms with van der Waals surface area (Å²) in [5, 5.41) is 11.1. The van der Waals surface area contributed by atoms with Gasteiger partial charge in [-0.15, -0.1) is 0 Å². The molecule has 4 aliphatic rings. The molecule has 4 fully saturated rings. The van der Waals surface area contributed by atoms with E-state index in [1.165, 1.54) is 57.8 Å². The van der Waals surface area contributed by atoms with Crippen molar-refractivity contribution in [3.63, 3.8) is 0 Å². The lowest BCUT2D eigenvalue weighted by molar-refractivity contribution is -0.148. The standard InChI is InChI=1S/C20H35NO/c1-18-10-4-3-5-14(18)6-7-15-16(18)8-11-19(2)17(15)9-12-20(19,22)13-21/h14-17,22H,3-13,21H2,1-2H3/t14-,15-,16+,17+,18+,19+,20+/m1/s1. The van der Waals surface area contributed by atoms with Gasteiger partial charge in [-0.3, -0.25) is 0 Å². The lowest BCUT2D eigenvalue weighted by Gasteiger charge is -2.61. The SMILES string of the molecule is C[C@]12CCCC[C@@H]1CC[C@@H]1[C@@H]2CC[C@@]2(C)[C@H]1CC[C@]2(O)CN. The fraction of sp³-hybridized carbons (Fsp3) is 1.00. The van der Waals surface area contributed by atoms with E-state index in [4.69, 9.17) is 5.73 Å². The zero-order valence-electron chi connectivity index (χ0n) is 14.6. The van der Waals surface area contributed by atoms with E-state index in [-0.39, 0.29) is 5.41 Å². The van der Waals surface area contributed by atoms with Gasteiger partial charge in [0.25, 0.3) is 0 Å². The second kappa shape index (κ2) is 4.96. The van der Waals surface area contributed by atoms with Gasteiger partial charge in [0.1, 0.15) is 0 Å². The summed E-state index contributed by atoms with van der Waals surface area (Å²) >= 11 is 0. The summed E-state index contributed by atoms with van der Waals surface area (Å²) in [5.41, 5.74) is 6.11. The Kier molecular flexibility index (Phi) is 3.48. The molecule has 0 aromatic rings. The molecule has 0 spiro atoms. The predicted molar refractivity (Wildman–Crippen MR) is 90.3 cm³/mol. The molecule has 3 N–H and O–H groups in total. The van der Waals surface area contributed by atoms with Crippen molar-refractivity contribution >= 4 is 0 Å². The average molecular weight is 306 g/mol. The quantitative estimate of drug-likeness (QED) is 0.766. The molecule has 7 atom stereocenters. The van der Waals surface area contributed by atoms with Crippen LogP contribution in [0.5, 0.6) is 0 Å². The third-order valence-corrected chi connectivity index (χ3v) is 9.24. The van der Waals surface area contributed by atoms with E-state index in [0.29, 0.717) is 12.0 Å². The molecule has 0 aromatic carbocycles. The molecule has 2 heteroatoms. The van der Waals surface area contributed by atoms with Gasteiger partial charge in [-0.2, -0.15) is 0 Å². The van der Waals surface area contributed by atoms with Crippen molar-refractivity contribution in [2.75, 3.05) is 6.54 Å². The van der Waals surface area contributed by atoms with E-state index in [1.807, 2.05) is 0 Å². The topological polar surface area (TPSA) is 46.2 Å². The van der Waals surface area contributed by atoms with Crippen molar-refractivity contribution in [1.82, 2.24) is 0 Å². The van der Waals surface area contributed by atoms with Gasteiger partial charge in [-0.25, -0.2) is 0 Å². The van der Waals surface area contributed by atoms with Gasteiger partial charge >= 0.3 is 0 Å². The second-order valence-electron chi connectivity index (χ2n) is 9.63. The Hall–Kier alpha value is -0.0800. The molecule has 0 amide bonds. The van der Waals surface area contributed by atoms with E-state index in [9.17, 15) is 5.11 Å². The molecule has 0 unspecified atom stereocenters. The van der Waals surface area contributed by atoms with Crippen LogP contribution in [0.4, 0.5) is 0 Å². The maximum atomic E-state index is 11.1. The Morgan fingerprint density at radius 1 is 0.909 bits per heavy atom. The molecule has 4 rings (SSSR count). The third kappa shape index (κ3) is 1.80. The van der Waals surface area contributed by atoms with Gasteiger partial charge in [0, 0.05) is 12.0 Å². The highest BCUT2D eigenvalue weighted by atomic mass is 16.3. The van der Waals surface area contributed by atoms with Gasteiger partial charge in [0.05, 0.1) is 5.60 Å². The first kappa shape index (κ1) is 15.4. The molecule has 0 bridgehead atoms. The number of rotatable bonds is 1. The number of hydrogen-bond acceptors (Lipinski definition) is 2. The summed E-state index contributed by atoms with van der Waals surface area (Å²) < 4.78 is 0. The zero-order valence-corrected chi connectivity index (χ0v) is 14.6. The van der Waals surface area contributed by atoms with Crippen molar-refractivity contribution in [1.29, 1.82) is 0 Å². The highest BCUT2D eigenvalue weighted by Gasteiger charge is 2.63. The molecular weight excluding hydrogens is 270 g/mol. The van der Waals surface area contributed by atoms with Crippen LogP contribution in [0, 0.1) is 34.5 Å². The van der Waals surface area contributed by atoms with Crippen LogP contribution < -0.4 is 5.73 Å². The molecule has 0 saturated heterocycles. The van der Waals surface area contributed by atoms with Crippen LogP contribution in [0.15, 0.2) is 0 Å². The van der Waals surface area contributed by atoms with Crippen LogP contribution in [0.2, 0.25) is 0 Å². The van der Waals surface area contributed by atoms with Gasteiger partial charge in [-0.1, -0.05) is 26.7 Å². The van der Waals surface area contributed by atoms with E-state index in [0.717, 1.165) is 30.1 Å². The minimum atomic E-state index is -0.590. The highest BCUT2D eigenvalue weighted by molar-refractivity contribution is 5.14. The lowest BCUT2D eigenvalue weighted by Crippen LogP contribution is -2.58. The maximum absolute atomic E-state index is 11.1. The van der Waals surface area contributed by atoms with Crippen molar-refractivity contribution in [2.24, 2.45) is 40.2 Å². The molecule has 2 nitrogen and oxygen atoms in total. The fourth-order valence-electron chi connectivity index (χ4n) is 7.74. The van der Waals surface area contributed by atoms with Gasteiger partial charge in [0.15, 0.2) is 0 Å². The smallest absolute Gasteiger partial charge is 0.0825 e. The van der Waals surface area contributed by atoms with Crippen LogP contribution in [0.1, 0.15) is 78.1 Å². The van der Waals surface area contributed by atoms with Crippen molar-refractivity contribution in [3.8, 4) is 0 Å². The fourth-order valence-corrected chi connectivity index (χ4v) is 7.74. The summed E-state index contributed by atoms with van der Waals surface area (Å²) in [7, 11) is 0. The molecule has 0 radical (unpaired) electrons. The van der Waals surface area contributed by atoms with Crippen LogP contribution in [-0.2, 0) is 0 Å². The van der Waals surface area contributed by atoms with E-state index >= 15 is 0 Å². The van der Waals surface area contributed by atoms with Crippen LogP contribution in [0.3, 0.4) is 0 Å². The van der Waals surface area contributed by atoms with Crippen molar-refractivity contribution < 1.29 is 5.11 Å². The van der Waals surface area contributed by atoms with Crippen molar-refractivity contribution in [2.45, 2.75) is 83.7 Å². The number of nitrogens with two attached hydrogens (primary N) is 1.